The van der Waals surface area contributed by atoms with Crippen LogP contribution in [0.15, 0.2) is 47.1 Å². The number of carboxylic acid groups (broad SMARTS) is 1. The topological polar surface area (TPSA) is 85.3 Å². The van der Waals surface area contributed by atoms with Crippen molar-refractivity contribution in [2.45, 2.75) is 26.4 Å². The molecule has 0 saturated heterocycles. The van der Waals surface area contributed by atoms with E-state index in [1.54, 1.807) is 25.1 Å². The molecule has 2 aromatic heterocycles. The van der Waals surface area contributed by atoms with E-state index in [1.165, 1.54) is 36.8 Å². The third kappa shape index (κ3) is 4.47. The summed E-state index contributed by atoms with van der Waals surface area (Å²) in [7, 11) is 0. The van der Waals surface area contributed by atoms with Gasteiger partial charge in [-0.25, -0.2) is 13.6 Å². The van der Waals surface area contributed by atoms with Gasteiger partial charge in [0, 0.05) is 22.7 Å². The summed E-state index contributed by atoms with van der Waals surface area (Å²) in [5, 5.41) is 13.3. The van der Waals surface area contributed by atoms with Crippen LogP contribution in [0.3, 0.4) is 0 Å². The van der Waals surface area contributed by atoms with E-state index in [9.17, 15) is 14.0 Å². The third-order valence-corrected chi connectivity index (χ3v) is 5.88. The molecule has 6 nitrogen and oxygen atoms in total. The molecular formula is C25H18Cl2F2N2O4. The fourth-order valence-corrected chi connectivity index (χ4v) is 4.50. The number of carbonyl (C=O) groups is 2. The minimum atomic E-state index is -2.14. The van der Waals surface area contributed by atoms with Crippen LogP contribution in [0.4, 0.5) is 8.78 Å². The van der Waals surface area contributed by atoms with Crippen molar-refractivity contribution in [1.82, 2.24) is 9.72 Å². The molecule has 0 amide bonds. The molecule has 0 saturated carbocycles. The van der Waals surface area contributed by atoms with Crippen LogP contribution < -0.4 is 0 Å². The Balaban J connectivity index is 1.98. The van der Waals surface area contributed by atoms with Gasteiger partial charge in [-0.15, -0.1) is 0 Å². The van der Waals surface area contributed by atoms with Gasteiger partial charge in [-0.2, -0.15) is 0 Å². The Labute approximate surface area is 208 Å². The van der Waals surface area contributed by atoms with Crippen molar-refractivity contribution >= 4 is 52.1 Å². The zero-order chi connectivity index (χ0) is 25.7. The van der Waals surface area contributed by atoms with Gasteiger partial charge in [-0.05, 0) is 56.2 Å². The highest BCUT2D eigenvalue weighted by Crippen LogP contribution is 2.40. The number of aliphatic carboxylic acids is 1. The van der Waals surface area contributed by atoms with Gasteiger partial charge >= 0.3 is 5.97 Å². The number of hydrogen-bond acceptors (Lipinski definition) is 4. The number of fused-ring (bicyclic) bond motifs is 1. The van der Waals surface area contributed by atoms with Gasteiger partial charge in [0.25, 0.3) is 5.91 Å². The van der Waals surface area contributed by atoms with Crippen molar-refractivity contribution in [2.24, 2.45) is 0 Å². The van der Waals surface area contributed by atoms with Crippen LogP contribution >= 0.6 is 23.2 Å². The van der Waals surface area contributed by atoms with Crippen LogP contribution in [0, 0.1) is 12.7 Å². The zero-order valence-corrected chi connectivity index (χ0v) is 20.2. The average Bonchev–Trinajstić information content (AvgIpc) is 3.33. The number of halogens is 4. The van der Waals surface area contributed by atoms with Crippen LogP contribution in [0.2, 0.25) is 10.0 Å². The molecule has 0 fully saturated rings. The predicted octanol–water partition coefficient (Wildman–Crippen LogP) is 7.04. The quantitative estimate of drug-likeness (QED) is 0.286. The van der Waals surface area contributed by atoms with E-state index >= 15 is 4.39 Å². The number of rotatable bonds is 5. The van der Waals surface area contributed by atoms with Crippen molar-refractivity contribution in [3.8, 4) is 11.3 Å². The maximum Gasteiger partial charge on any atom is 0.328 e. The van der Waals surface area contributed by atoms with Gasteiger partial charge in [0.05, 0.1) is 16.1 Å². The summed E-state index contributed by atoms with van der Waals surface area (Å²) in [4.78, 5) is 24.8. The molecule has 0 bridgehead atoms. The van der Waals surface area contributed by atoms with Gasteiger partial charge in [0.1, 0.15) is 17.1 Å². The maximum atomic E-state index is 15.1. The molecule has 2 aromatic carbocycles. The molecular weight excluding hydrogens is 501 g/mol. The van der Waals surface area contributed by atoms with Crippen molar-refractivity contribution in [3.05, 3.63) is 80.9 Å². The van der Waals surface area contributed by atoms with Crippen LogP contribution in [0.1, 0.15) is 41.1 Å². The van der Waals surface area contributed by atoms with Crippen LogP contribution in [-0.4, -0.2) is 26.7 Å². The number of aryl methyl sites for hydroxylation is 1. The Bertz CT molecular complexity index is 1510. The molecule has 0 aliphatic rings. The number of nitrogens with zero attached hydrogens (tertiary/aromatic N) is 2. The second-order valence-electron chi connectivity index (χ2n) is 8.35. The number of benzene rings is 2. The van der Waals surface area contributed by atoms with Gasteiger partial charge in [0.2, 0.25) is 0 Å². The molecule has 2 heterocycles. The van der Waals surface area contributed by atoms with E-state index in [2.05, 4.69) is 5.16 Å². The SMILES string of the molecule is Cc1cn(C(=O)c2c(-c3c(F)cc(Cl)cc3Cl)noc2C(C)(C)F)c2cccc(/C=C/C(=O)O)c12. The number of alkyl halides is 1. The molecule has 180 valence electrons. The van der Waals surface area contributed by atoms with Gasteiger partial charge in [0.15, 0.2) is 11.4 Å². The second-order valence-corrected chi connectivity index (χ2v) is 9.20. The van der Waals surface area contributed by atoms with Crippen LogP contribution in [0.5, 0.6) is 0 Å². The summed E-state index contributed by atoms with van der Waals surface area (Å²) in [6.45, 7) is 4.11. The first-order chi connectivity index (χ1) is 16.4. The number of carbonyl (C=O) groups excluding carboxylic acids is 1. The summed E-state index contributed by atoms with van der Waals surface area (Å²) in [6, 6.07) is 7.29. The molecule has 35 heavy (non-hydrogen) atoms. The summed E-state index contributed by atoms with van der Waals surface area (Å²) >= 11 is 12.1. The highest BCUT2D eigenvalue weighted by molar-refractivity contribution is 6.36. The van der Waals surface area contributed by atoms with Crippen molar-refractivity contribution < 1.29 is 28.0 Å². The van der Waals surface area contributed by atoms with Gasteiger partial charge in [-0.1, -0.05) is 40.5 Å². The summed E-state index contributed by atoms with van der Waals surface area (Å²) in [5.74, 6) is -3.11. The average molecular weight is 519 g/mol. The van der Waals surface area contributed by atoms with Crippen molar-refractivity contribution in [1.29, 1.82) is 0 Å². The molecule has 0 unspecified atom stereocenters. The lowest BCUT2D eigenvalue weighted by molar-refractivity contribution is -0.131. The largest absolute Gasteiger partial charge is 0.478 e. The Kier molecular flexibility index (Phi) is 6.29. The Hall–Kier alpha value is -3.49. The third-order valence-electron chi connectivity index (χ3n) is 5.37. The fraction of sp³-hybridized carbons (Fsp3) is 0.160. The molecule has 4 rings (SSSR count). The highest BCUT2D eigenvalue weighted by atomic mass is 35.5. The smallest absolute Gasteiger partial charge is 0.328 e. The zero-order valence-electron chi connectivity index (χ0n) is 18.7. The highest BCUT2D eigenvalue weighted by Gasteiger charge is 2.37. The maximum absolute atomic E-state index is 15.1. The normalized spacial score (nSPS) is 12.1. The number of hydrogen-bond donors (Lipinski definition) is 1. The van der Waals surface area contributed by atoms with Crippen LogP contribution in [0.25, 0.3) is 28.2 Å². The fourth-order valence-electron chi connectivity index (χ4n) is 3.94. The monoisotopic (exact) mass is 518 g/mol. The van der Waals surface area contributed by atoms with Gasteiger partial charge < -0.3 is 9.63 Å². The van der Waals surface area contributed by atoms with Crippen molar-refractivity contribution in [2.75, 3.05) is 0 Å². The predicted molar refractivity (Wildman–Crippen MR) is 129 cm³/mol. The minimum Gasteiger partial charge on any atom is -0.478 e. The van der Waals surface area contributed by atoms with E-state index < -0.39 is 29.1 Å². The first kappa shape index (κ1) is 24.6. The first-order valence-corrected chi connectivity index (χ1v) is 11.1. The molecule has 0 radical (unpaired) electrons. The summed E-state index contributed by atoms with van der Waals surface area (Å²) in [6.07, 6.45) is 3.92. The van der Waals surface area contributed by atoms with E-state index in [-0.39, 0.29) is 26.9 Å². The van der Waals surface area contributed by atoms with Gasteiger partial charge in [-0.3, -0.25) is 9.36 Å². The van der Waals surface area contributed by atoms with E-state index in [4.69, 9.17) is 32.8 Å². The standard InChI is InChI=1S/C25H18Cl2F2N2O4/c1-12-11-31(17-6-4-5-13(19(12)17)7-8-18(32)33)24(34)21-22(30-35-23(21)25(2,3)29)20-15(27)9-14(26)10-16(20)28/h4-11H,1-3H3,(H,32,33)/b8-7+. The number of aromatic nitrogens is 2. The summed E-state index contributed by atoms with van der Waals surface area (Å²) in [5.41, 5.74) is -1.31. The van der Waals surface area contributed by atoms with E-state index in [0.717, 1.165) is 12.1 Å². The molecule has 1 N–H and O–H groups in total. The Morgan fingerprint density at radius 1 is 1.23 bits per heavy atom. The molecule has 4 aromatic rings. The second kappa shape index (κ2) is 8.94. The Morgan fingerprint density at radius 2 is 1.94 bits per heavy atom. The van der Waals surface area contributed by atoms with E-state index in [1.807, 2.05) is 0 Å². The summed E-state index contributed by atoms with van der Waals surface area (Å²) < 4.78 is 36.5. The van der Waals surface area contributed by atoms with E-state index in [0.29, 0.717) is 22.0 Å². The lowest BCUT2D eigenvalue weighted by atomic mass is 9.98. The minimum absolute atomic E-state index is 0.0349. The van der Waals surface area contributed by atoms with Crippen molar-refractivity contribution in [3.63, 3.8) is 0 Å². The molecule has 10 heteroatoms. The lowest BCUT2D eigenvalue weighted by Gasteiger charge is -2.13. The molecule has 0 atom stereocenters. The Morgan fingerprint density at radius 3 is 2.57 bits per heavy atom. The number of carboxylic acids is 1. The molecule has 0 spiro atoms. The van der Waals surface area contributed by atoms with Crippen LogP contribution in [-0.2, 0) is 10.5 Å². The molecule has 0 aliphatic heterocycles. The first-order valence-electron chi connectivity index (χ1n) is 10.3. The molecule has 0 aliphatic carbocycles. The lowest BCUT2D eigenvalue weighted by Crippen LogP contribution is -2.18.